The molecule has 1 amide bonds. The van der Waals surface area contributed by atoms with Gasteiger partial charge in [0.1, 0.15) is 6.10 Å². The summed E-state index contributed by atoms with van der Waals surface area (Å²) in [5, 5.41) is 12.7. The fourth-order valence-electron chi connectivity index (χ4n) is 1.68. The van der Waals surface area contributed by atoms with Crippen LogP contribution >= 0.6 is 0 Å². The van der Waals surface area contributed by atoms with Crippen molar-refractivity contribution in [2.75, 3.05) is 0 Å². The summed E-state index contributed by atoms with van der Waals surface area (Å²) >= 11 is 0. The molecular formula is C13H17NO2. The Morgan fingerprint density at radius 2 is 2.00 bits per heavy atom. The van der Waals surface area contributed by atoms with Crippen LogP contribution in [0, 0.1) is 0 Å². The summed E-state index contributed by atoms with van der Waals surface area (Å²) in [6.45, 7) is 1.87. The highest BCUT2D eigenvalue weighted by atomic mass is 16.3. The van der Waals surface area contributed by atoms with Crippen molar-refractivity contribution in [2.45, 2.75) is 37.8 Å². The van der Waals surface area contributed by atoms with Crippen molar-refractivity contribution in [3.63, 3.8) is 0 Å². The van der Waals surface area contributed by atoms with Gasteiger partial charge in [-0.1, -0.05) is 37.3 Å². The molecule has 1 aromatic carbocycles. The second-order valence-electron chi connectivity index (χ2n) is 4.43. The lowest BCUT2D eigenvalue weighted by Gasteiger charge is -2.18. The van der Waals surface area contributed by atoms with Crippen LogP contribution in [0.4, 0.5) is 0 Å². The highest BCUT2D eigenvalue weighted by molar-refractivity contribution is 5.82. The van der Waals surface area contributed by atoms with Crippen LogP contribution in [0.25, 0.3) is 0 Å². The van der Waals surface area contributed by atoms with Gasteiger partial charge in [0.05, 0.1) is 0 Å². The van der Waals surface area contributed by atoms with E-state index in [9.17, 15) is 9.90 Å². The van der Waals surface area contributed by atoms with Gasteiger partial charge in [0.15, 0.2) is 0 Å². The Kier molecular flexibility index (Phi) is 3.25. The third-order valence-electron chi connectivity index (χ3n) is 2.99. The van der Waals surface area contributed by atoms with Gasteiger partial charge in [0.2, 0.25) is 5.91 Å². The molecule has 0 radical (unpaired) electrons. The van der Waals surface area contributed by atoms with E-state index >= 15 is 0 Å². The molecular weight excluding hydrogens is 202 g/mol. The number of hydrogen-bond acceptors (Lipinski definition) is 2. The Balaban J connectivity index is 1.97. The van der Waals surface area contributed by atoms with E-state index in [1.807, 2.05) is 37.3 Å². The smallest absolute Gasteiger partial charge is 0.249 e. The lowest BCUT2D eigenvalue weighted by Crippen LogP contribution is -2.38. The van der Waals surface area contributed by atoms with Crippen molar-refractivity contribution >= 4 is 5.91 Å². The first-order valence-corrected chi connectivity index (χ1v) is 5.72. The SMILES string of the molecule is CC(c1ccccc1)C(O)C(=O)NC1CC1. The van der Waals surface area contributed by atoms with E-state index in [0.717, 1.165) is 18.4 Å². The Morgan fingerprint density at radius 3 is 2.56 bits per heavy atom. The predicted molar refractivity (Wildman–Crippen MR) is 62.0 cm³/mol. The molecule has 0 spiro atoms. The molecule has 2 rings (SSSR count). The van der Waals surface area contributed by atoms with E-state index in [1.54, 1.807) is 0 Å². The van der Waals surface area contributed by atoms with Gasteiger partial charge in [-0.3, -0.25) is 4.79 Å². The molecule has 3 nitrogen and oxygen atoms in total. The van der Waals surface area contributed by atoms with E-state index in [0.29, 0.717) is 6.04 Å². The van der Waals surface area contributed by atoms with Gasteiger partial charge in [-0.25, -0.2) is 0 Å². The highest BCUT2D eigenvalue weighted by Crippen LogP contribution is 2.22. The van der Waals surface area contributed by atoms with E-state index < -0.39 is 6.10 Å². The van der Waals surface area contributed by atoms with E-state index in [4.69, 9.17) is 0 Å². The number of nitrogens with one attached hydrogen (secondary N) is 1. The van der Waals surface area contributed by atoms with Crippen LogP contribution in [0.2, 0.25) is 0 Å². The van der Waals surface area contributed by atoms with Gasteiger partial charge in [-0.2, -0.15) is 0 Å². The van der Waals surface area contributed by atoms with Crippen LogP contribution in [-0.2, 0) is 4.79 Å². The Bertz CT molecular complexity index is 359. The molecule has 1 fully saturated rings. The molecule has 2 N–H and O–H groups in total. The average Bonchev–Trinajstić information content (AvgIpc) is 3.12. The van der Waals surface area contributed by atoms with Crippen LogP contribution in [0.3, 0.4) is 0 Å². The molecule has 1 aliphatic carbocycles. The number of amides is 1. The number of carbonyl (C=O) groups is 1. The first kappa shape index (κ1) is 11.1. The summed E-state index contributed by atoms with van der Waals surface area (Å²) in [5.41, 5.74) is 0.987. The lowest BCUT2D eigenvalue weighted by atomic mass is 9.95. The maximum absolute atomic E-state index is 11.6. The molecule has 2 atom stereocenters. The molecule has 1 saturated carbocycles. The number of aliphatic hydroxyl groups is 1. The molecule has 0 bridgehead atoms. The molecule has 16 heavy (non-hydrogen) atoms. The monoisotopic (exact) mass is 219 g/mol. The topological polar surface area (TPSA) is 49.3 Å². The van der Waals surface area contributed by atoms with E-state index in [1.165, 1.54) is 0 Å². The highest BCUT2D eigenvalue weighted by Gasteiger charge is 2.29. The molecule has 0 aromatic heterocycles. The maximum atomic E-state index is 11.6. The number of hydrogen-bond donors (Lipinski definition) is 2. The van der Waals surface area contributed by atoms with Crippen LogP contribution in [0.5, 0.6) is 0 Å². The average molecular weight is 219 g/mol. The normalized spacial score (nSPS) is 18.9. The predicted octanol–water partition coefficient (Wildman–Crippen LogP) is 1.43. The lowest BCUT2D eigenvalue weighted by molar-refractivity contribution is -0.130. The zero-order valence-electron chi connectivity index (χ0n) is 9.39. The second kappa shape index (κ2) is 4.66. The summed E-state index contributed by atoms with van der Waals surface area (Å²) < 4.78 is 0. The Morgan fingerprint density at radius 1 is 1.38 bits per heavy atom. The third kappa shape index (κ3) is 2.61. The van der Waals surface area contributed by atoms with Gasteiger partial charge in [0.25, 0.3) is 0 Å². The molecule has 0 saturated heterocycles. The van der Waals surface area contributed by atoms with E-state index in [2.05, 4.69) is 5.32 Å². The van der Waals surface area contributed by atoms with Crippen LogP contribution < -0.4 is 5.32 Å². The van der Waals surface area contributed by atoms with Crippen molar-refractivity contribution in [1.82, 2.24) is 5.32 Å². The largest absolute Gasteiger partial charge is 0.383 e. The number of carbonyl (C=O) groups excluding carboxylic acids is 1. The quantitative estimate of drug-likeness (QED) is 0.804. The Labute approximate surface area is 95.5 Å². The number of benzene rings is 1. The van der Waals surface area contributed by atoms with Gasteiger partial charge in [0, 0.05) is 12.0 Å². The summed E-state index contributed by atoms with van der Waals surface area (Å²) in [6, 6.07) is 9.91. The standard InChI is InChI=1S/C13H17NO2/c1-9(10-5-3-2-4-6-10)12(15)13(16)14-11-7-8-11/h2-6,9,11-12,15H,7-8H2,1H3,(H,14,16). The van der Waals surface area contributed by atoms with Crippen LogP contribution in [-0.4, -0.2) is 23.2 Å². The van der Waals surface area contributed by atoms with Crippen molar-refractivity contribution in [3.8, 4) is 0 Å². The zero-order valence-corrected chi connectivity index (χ0v) is 9.39. The Hall–Kier alpha value is -1.35. The molecule has 0 aliphatic heterocycles. The van der Waals surface area contributed by atoms with Crippen LogP contribution in [0.1, 0.15) is 31.2 Å². The molecule has 2 unspecified atom stereocenters. The fraction of sp³-hybridized carbons (Fsp3) is 0.462. The molecule has 3 heteroatoms. The van der Waals surface area contributed by atoms with Crippen molar-refractivity contribution in [3.05, 3.63) is 35.9 Å². The summed E-state index contributed by atoms with van der Waals surface area (Å²) in [7, 11) is 0. The van der Waals surface area contributed by atoms with Gasteiger partial charge >= 0.3 is 0 Å². The molecule has 0 heterocycles. The van der Waals surface area contributed by atoms with Gasteiger partial charge in [-0.05, 0) is 18.4 Å². The number of aliphatic hydroxyl groups excluding tert-OH is 1. The second-order valence-corrected chi connectivity index (χ2v) is 4.43. The van der Waals surface area contributed by atoms with Gasteiger partial charge in [-0.15, -0.1) is 0 Å². The fourth-order valence-corrected chi connectivity index (χ4v) is 1.68. The third-order valence-corrected chi connectivity index (χ3v) is 2.99. The number of rotatable bonds is 4. The van der Waals surface area contributed by atoms with Crippen molar-refractivity contribution in [2.24, 2.45) is 0 Å². The van der Waals surface area contributed by atoms with Gasteiger partial charge < -0.3 is 10.4 Å². The minimum absolute atomic E-state index is 0.167. The summed E-state index contributed by atoms with van der Waals surface area (Å²) in [6.07, 6.45) is 1.12. The zero-order chi connectivity index (χ0) is 11.5. The van der Waals surface area contributed by atoms with Crippen molar-refractivity contribution < 1.29 is 9.90 Å². The molecule has 86 valence electrons. The summed E-state index contributed by atoms with van der Waals surface area (Å²) in [5.74, 6) is -0.418. The molecule has 1 aliphatic rings. The van der Waals surface area contributed by atoms with Crippen molar-refractivity contribution in [1.29, 1.82) is 0 Å². The van der Waals surface area contributed by atoms with Crippen LogP contribution in [0.15, 0.2) is 30.3 Å². The minimum atomic E-state index is -0.956. The summed E-state index contributed by atoms with van der Waals surface area (Å²) in [4.78, 5) is 11.6. The minimum Gasteiger partial charge on any atom is -0.383 e. The van der Waals surface area contributed by atoms with E-state index in [-0.39, 0.29) is 11.8 Å². The maximum Gasteiger partial charge on any atom is 0.249 e. The first-order valence-electron chi connectivity index (χ1n) is 5.72. The first-order chi connectivity index (χ1) is 7.68. The molecule has 1 aromatic rings.